The number of carbonyl (C=O) groups is 1. The van der Waals surface area contributed by atoms with Crippen molar-refractivity contribution in [3.8, 4) is 11.8 Å². The van der Waals surface area contributed by atoms with Crippen LogP contribution in [-0.4, -0.2) is 39.4 Å². The molecule has 1 aromatic carbocycles. The van der Waals surface area contributed by atoms with E-state index in [0.29, 0.717) is 0 Å². The van der Waals surface area contributed by atoms with Gasteiger partial charge in [-0.05, 0) is 12.1 Å². The summed E-state index contributed by atoms with van der Waals surface area (Å²) in [5.41, 5.74) is 0.109. The fraction of sp³-hybridized carbons (Fsp3) is 0.333. The molecule has 0 aliphatic rings. The molecule has 0 bridgehead atoms. The predicted octanol–water partition coefficient (Wildman–Crippen LogP) is 0.677. The molecule has 0 spiro atoms. The third kappa shape index (κ3) is 4.22. The second-order valence-corrected chi connectivity index (χ2v) is 5.44. The Hall–Kier alpha value is -2.11. The predicted molar refractivity (Wildman–Crippen MR) is 70.0 cm³/mol. The summed E-state index contributed by atoms with van der Waals surface area (Å²) in [6.07, 6.45) is -0.0878. The third-order valence-electron chi connectivity index (χ3n) is 2.44. The number of nitriles is 1. The van der Waals surface area contributed by atoms with Crippen LogP contribution in [0, 0.1) is 11.3 Å². The summed E-state index contributed by atoms with van der Waals surface area (Å²) < 4.78 is 34.0. The minimum absolute atomic E-state index is 0.0556. The standard InChI is InChI=1S/C12H14N2O5S/c1-14(8-7-12(15)18-2)20(16,17)19-11-6-4-3-5-10(11)9-13/h3-6H,7-8H2,1-2H3. The molecule has 0 saturated carbocycles. The van der Waals surface area contributed by atoms with E-state index in [4.69, 9.17) is 9.44 Å². The first-order valence-electron chi connectivity index (χ1n) is 5.62. The molecule has 108 valence electrons. The lowest BCUT2D eigenvalue weighted by molar-refractivity contribution is -0.140. The Morgan fingerprint density at radius 1 is 1.40 bits per heavy atom. The Balaban J connectivity index is 2.79. The Morgan fingerprint density at radius 2 is 2.05 bits per heavy atom. The molecule has 0 amide bonds. The van der Waals surface area contributed by atoms with Gasteiger partial charge in [-0.3, -0.25) is 4.79 Å². The zero-order valence-corrected chi connectivity index (χ0v) is 11.9. The maximum atomic E-state index is 11.9. The molecular weight excluding hydrogens is 284 g/mol. The Bertz CT molecular complexity index is 621. The summed E-state index contributed by atoms with van der Waals surface area (Å²) in [5.74, 6) is -0.579. The second-order valence-electron chi connectivity index (χ2n) is 3.80. The number of nitrogens with zero attached hydrogens (tertiary/aromatic N) is 2. The number of para-hydroxylation sites is 1. The number of hydrogen-bond donors (Lipinski definition) is 0. The molecular formula is C12H14N2O5S. The minimum atomic E-state index is -4.08. The van der Waals surface area contributed by atoms with E-state index < -0.39 is 16.3 Å². The first-order valence-corrected chi connectivity index (χ1v) is 6.99. The van der Waals surface area contributed by atoms with Gasteiger partial charge in [0.15, 0.2) is 5.75 Å². The lowest BCUT2D eigenvalue weighted by atomic mass is 10.2. The van der Waals surface area contributed by atoms with Crippen LogP contribution in [0.25, 0.3) is 0 Å². The quantitative estimate of drug-likeness (QED) is 0.716. The van der Waals surface area contributed by atoms with Crippen LogP contribution in [0.4, 0.5) is 0 Å². The zero-order chi connectivity index (χ0) is 15.2. The highest BCUT2D eigenvalue weighted by Gasteiger charge is 2.22. The van der Waals surface area contributed by atoms with Gasteiger partial charge < -0.3 is 8.92 Å². The third-order valence-corrected chi connectivity index (χ3v) is 3.78. The highest BCUT2D eigenvalue weighted by Crippen LogP contribution is 2.19. The van der Waals surface area contributed by atoms with Crippen molar-refractivity contribution in [2.75, 3.05) is 20.7 Å². The first kappa shape index (κ1) is 15.9. The number of ether oxygens (including phenoxy) is 1. The van der Waals surface area contributed by atoms with Crippen molar-refractivity contribution in [2.45, 2.75) is 6.42 Å². The average molecular weight is 298 g/mol. The number of carbonyl (C=O) groups excluding carboxylic acids is 1. The van der Waals surface area contributed by atoms with Crippen molar-refractivity contribution in [2.24, 2.45) is 0 Å². The van der Waals surface area contributed by atoms with Gasteiger partial charge in [-0.1, -0.05) is 12.1 Å². The van der Waals surface area contributed by atoms with E-state index in [-0.39, 0.29) is 24.3 Å². The molecule has 0 radical (unpaired) electrons. The molecule has 20 heavy (non-hydrogen) atoms. The Morgan fingerprint density at radius 3 is 2.65 bits per heavy atom. The van der Waals surface area contributed by atoms with Crippen LogP contribution in [-0.2, 0) is 19.8 Å². The van der Waals surface area contributed by atoms with Crippen molar-refractivity contribution in [3.63, 3.8) is 0 Å². The lowest BCUT2D eigenvalue weighted by Gasteiger charge is -2.16. The van der Waals surface area contributed by atoms with Gasteiger partial charge in [0.1, 0.15) is 6.07 Å². The molecule has 0 saturated heterocycles. The lowest BCUT2D eigenvalue weighted by Crippen LogP contribution is -2.33. The van der Waals surface area contributed by atoms with E-state index in [2.05, 4.69) is 4.74 Å². The monoisotopic (exact) mass is 298 g/mol. The summed E-state index contributed by atoms with van der Waals surface area (Å²) in [5, 5.41) is 8.86. The molecule has 0 N–H and O–H groups in total. The smallest absolute Gasteiger partial charge is 0.384 e. The fourth-order valence-corrected chi connectivity index (χ4v) is 2.09. The molecule has 0 unspecified atom stereocenters. The van der Waals surface area contributed by atoms with Crippen molar-refractivity contribution < 1.29 is 22.1 Å². The van der Waals surface area contributed by atoms with Crippen LogP contribution in [0.1, 0.15) is 12.0 Å². The summed E-state index contributed by atoms with van der Waals surface area (Å²) in [7, 11) is -1.59. The largest absolute Gasteiger partial charge is 0.469 e. The molecule has 8 heteroatoms. The fourth-order valence-electron chi connectivity index (χ4n) is 1.27. The Kier molecular flexibility index (Phi) is 5.49. The van der Waals surface area contributed by atoms with E-state index >= 15 is 0 Å². The van der Waals surface area contributed by atoms with Crippen molar-refractivity contribution >= 4 is 16.3 Å². The highest BCUT2D eigenvalue weighted by molar-refractivity contribution is 7.84. The van der Waals surface area contributed by atoms with Gasteiger partial charge in [0.25, 0.3) is 0 Å². The van der Waals surface area contributed by atoms with Crippen molar-refractivity contribution in [3.05, 3.63) is 29.8 Å². The van der Waals surface area contributed by atoms with E-state index in [1.165, 1.54) is 26.3 Å². The van der Waals surface area contributed by atoms with Crippen LogP contribution in [0.3, 0.4) is 0 Å². The zero-order valence-electron chi connectivity index (χ0n) is 11.1. The number of hydrogen-bond acceptors (Lipinski definition) is 6. The van der Waals surface area contributed by atoms with Gasteiger partial charge in [-0.2, -0.15) is 18.0 Å². The average Bonchev–Trinajstić information content (AvgIpc) is 2.44. The molecule has 7 nitrogen and oxygen atoms in total. The molecule has 0 fully saturated rings. The van der Waals surface area contributed by atoms with E-state index in [9.17, 15) is 13.2 Å². The summed E-state index contributed by atoms with van der Waals surface area (Å²) in [4.78, 5) is 11.0. The SMILES string of the molecule is COC(=O)CCN(C)S(=O)(=O)Oc1ccccc1C#N. The number of esters is 1. The molecule has 1 aromatic rings. The maximum Gasteiger partial charge on any atom is 0.384 e. The van der Waals surface area contributed by atoms with Crippen molar-refractivity contribution in [1.29, 1.82) is 5.26 Å². The molecule has 0 aliphatic heterocycles. The molecule has 0 aliphatic carbocycles. The normalized spacial score (nSPS) is 10.9. The summed E-state index contributed by atoms with van der Waals surface area (Å²) in [6.45, 7) is -0.0796. The molecule has 0 aromatic heterocycles. The molecule has 0 atom stereocenters. The maximum absolute atomic E-state index is 11.9. The van der Waals surface area contributed by atoms with Gasteiger partial charge in [0.05, 0.1) is 19.1 Å². The molecule has 0 heterocycles. The summed E-state index contributed by atoms with van der Waals surface area (Å²) >= 11 is 0. The minimum Gasteiger partial charge on any atom is -0.469 e. The van der Waals surface area contributed by atoms with Crippen LogP contribution < -0.4 is 4.18 Å². The number of rotatable bonds is 6. The van der Waals surface area contributed by atoms with E-state index in [1.54, 1.807) is 12.1 Å². The van der Waals surface area contributed by atoms with Gasteiger partial charge >= 0.3 is 16.3 Å². The van der Waals surface area contributed by atoms with Crippen molar-refractivity contribution in [1.82, 2.24) is 4.31 Å². The van der Waals surface area contributed by atoms with E-state index in [1.807, 2.05) is 6.07 Å². The van der Waals surface area contributed by atoms with E-state index in [0.717, 1.165) is 4.31 Å². The van der Waals surface area contributed by atoms with Gasteiger partial charge in [-0.15, -0.1) is 0 Å². The second kappa shape index (κ2) is 6.88. The van der Waals surface area contributed by atoms with Crippen LogP contribution in [0.2, 0.25) is 0 Å². The molecule has 1 rings (SSSR count). The van der Waals surface area contributed by atoms with Crippen LogP contribution >= 0.6 is 0 Å². The van der Waals surface area contributed by atoms with Gasteiger partial charge in [0, 0.05) is 13.6 Å². The van der Waals surface area contributed by atoms with Crippen LogP contribution in [0.5, 0.6) is 5.75 Å². The highest BCUT2D eigenvalue weighted by atomic mass is 32.2. The topological polar surface area (TPSA) is 96.7 Å². The Labute approximate surface area is 117 Å². The van der Waals surface area contributed by atoms with Gasteiger partial charge in [0.2, 0.25) is 0 Å². The van der Waals surface area contributed by atoms with Gasteiger partial charge in [-0.25, -0.2) is 0 Å². The number of benzene rings is 1. The summed E-state index contributed by atoms with van der Waals surface area (Å²) in [6, 6.07) is 7.81. The number of methoxy groups -OCH3 is 1. The first-order chi connectivity index (χ1) is 9.40. The van der Waals surface area contributed by atoms with Crippen LogP contribution in [0.15, 0.2) is 24.3 Å².